The van der Waals surface area contributed by atoms with Gasteiger partial charge in [0.25, 0.3) is 23.6 Å². The van der Waals surface area contributed by atoms with E-state index < -0.39 is 5.97 Å². The fourth-order valence-corrected chi connectivity index (χ4v) is 8.17. The van der Waals surface area contributed by atoms with Crippen molar-refractivity contribution in [3.8, 4) is 0 Å². The number of hydrogen-bond acceptors (Lipinski definition) is 6. The third-order valence-electron chi connectivity index (χ3n) is 10.8. The van der Waals surface area contributed by atoms with Crippen LogP contribution in [0, 0.1) is 0 Å². The van der Waals surface area contributed by atoms with Crippen LogP contribution in [-0.2, 0) is 9.53 Å². The van der Waals surface area contributed by atoms with Crippen molar-refractivity contribution < 1.29 is 28.7 Å². The van der Waals surface area contributed by atoms with Crippen molar-refractivity contribution in [3.05, 3.63) is 82.9 Å². The molecule has 0 unspecified atom stereocenters. The number of carbonyl (C=O) groups is 5. The number of amides is 4. The summed E-state index contributed by atoms with van der Waals surface area (Å²) >= 11 is 0. The first-order chi connectivity index (χ1) is 24.7. The van der Waals surface area contributed by atoms with Crippen LogP contribution < -0.4 is 0 Å². The fourth-order valence-electron chi connectivity index (χ4n) is 8.17. The Morgan fingerprint density at radius 1 is 0.608 bits per heavy atom. The summed E-state index contributed by atoms with van der Waals surface area (Å²) < 4.78 is 5.16. The van der Waals surface area contributed by atoms with Crippen molar-refractivity contribution >= 4 is 72.7 Å². The van der Waals surface area contributed by atoms with Gasteiger partial charge in [-0.05, 0) is 95.6 Å². The van der Waals surface area contributed by atoms with Gasteiger partial charge in [-0.3, -0.25) is 29.0 Å². The standard InChI is InChI=1S/C43H44N2O6/c1-5-7-13-26(14-8-6-2)45-41(48)33-21-17-29-27-15-19-31-37-32(20-16-28(35(27)37)30-18-22-34(42(45)49)38(33)36(29)30)40(47)44(39(31)46)23-11-9-10-12-24-51-43(50)25(3)4/h15-22,26H,3,5-14,23-24H2,1-2,4H3. The van der Waals surface area contributed by atoms with E-state index in [0.717, 1.165) is 83.7 Å². The zero-order valence-electron chi connectivity index (χ0n) is 29.7. The van der Waals surface area contributed by atoms with Crippen LogP contribution in [0.3, 0.4) is 0 Å². The maximum atomic E-state index is 14.2. The van der Waals surface area contributed by atoms with Crippen LogP contribution in [0.5, 0.6) is 0 Å². The summed E-state index contributed by atoms with van der Waals surface area (Å²) in [4.78, 5) is 70.5. The number of fused-ring (bicyclic) bond motifs is 2. The van der Waals surface area contributed by atoms with Crippen molar-refractivity contribution in [1.29, 1.82) is 0 Å². The smallest absolute Gasteiger partial charge is 0.333 e. The molecule has 5 aromatic carbocycles. The topological polar surface area (TPSA) is 101 Å². The van der Waals surface area contributed by atoms with E-state index in [0.29, 0.717) is 64.6 Å². The highest BCUT2D eigenvalue weighted by atomic mass is 16.5. The molecular formula is C43H44N2O6. The molecule has 0 bridgehead atoms. The molecule has 2 aliphatic heterocycles. The molecule has 0 radical (unpaired) electrons. The molecule has 2 aliphatic rings. The Balaban J connectivity index is 1.23. The number of rotatable bonds is 15. The van der Waals surface area contributed by atoms with Crippen LogP contribution >= 0.6 is 0 Å². The maximum absolute atomic E-state index is 14.2. The van der Waals surface area contributed by atoms with Crippen LogP contribution in [-0.4, -0.2) is 58.6 Å². The number of benzene rings is 5. The van der Waals surface area contributed by atoms with Gasteiger partial charge in [0.15, 0.2) is 0 Å². The van der Waals surface area contributed by atoms with E-state index in [2.05, 4.69) is 20.4 Å². The predicted octanol–water partition coefficient (Wildman–Crippen LogP) is 9.36. The summed E-state index contributed by atoms with van der Waals surface area (Å²) in [6.07, 6.45) is 8.44. The average Bonchev–Trinajstić information content (AvgIpc) is 3.13. The molecule has 0 aliphatic carbocycles. The summed E-state index contributed by atoms with van der Waals surface area (Å²) in [5, 5.41) is 6.60. The minimum absolute atomic E-state index is 0.134. The zero-order valence-corrected chi connectivity index (χ0v) is 29.7. The molecule has 0 N–H and O–H groups in total. The minimum atomic E-state index is -0.396. The largest absolute Gasteiger partial charge is 0.462 e. The molecule has 4 amide bonds. The van der Waals surface area contributed by atoms with Crippen LogP contribution in [0.15, 0.2) is 60.7 Å². The number of hydrogen-bond donors (Lipinski definition) is 0. The zero-order chi connectivity index (χ0) is 36.0. The maximum Gasteiger partial charge on any atom is 0.333 e. The first kappa shape index (κ1) is 34.3. The number of carbonyl (C=O) groups excluding carboxylic acids is 5. The number of esters is 1. The Labute approximate surface area is 297 Å². The van der Waals surface area contributed by atoms with E-state index in [1.807, 2.05) is 48.5 Å². The molecule has 0 aromatic heterocycles. The van der Waals surface area contributed by atoms with E-state index in [-0.39, 0.29) is 29.7 Å². The lowest BCUT2D eigenvalue weighted by Gasteiger charge is -2.34. The van der Waals surface area contributed by atoms with Crippen molar-refractivity contribution in [2.24, 2.45) is 0 Å². The Morgan fingerprint density at radius 2 is 1.04 bits per heavy atom. The van der Waals surface area contributed by atoms with E-state index in [1.165, 1.54) is 9.80 Å². The molecule has 0 atom stereocenters. The Kier molecular flexibility index (Phi) is 9.36. The van der Waals surface area contributed by atoms with Gasteiger partial charge in [0.1, 0.15) is 0 Å². The quantitative estimate of drug-likeness (QED) is 0.0272. The number of unbranched alkanes of at least 4 members (excludes halogenated alkanes) is 5. The first-order valence-electron chi connectivity index (χ1n) is 18.5. The Hall–Kier alpha value is -5.11. The molecular weight excluding hydrogens is 640 g/mol. The van der Waals surface area contributed by atoms with Gasteiger partial charge < -0.3 is 4.74 Å². The molecule has 7 rings (SSSR count). The van der Waals surface area contributed by atoms with Gasteiger partial charge in [0.05, 0.1) is 6.61 Å². The van der Waals surface area contributed by atoms with Gasteiger partial charge in [-0.15, -0.1) is 0 Å². The van der Waals surface area contributed by atoms with E-state index >= 15 is 0 Å². The highest BCUT2D eigenvalue weighted by Crippen LogP contribution is 2.46. The van der Waals surface area contributed by atoms with Gasteiger partial charge in [0.2, 0.25) is 0 Å². The third-order valence-corrected chi connectivity index (χ3v) is 10.8. The SMILES string of the molecule is C=C(C)C(=O)OCCCCCCN1C(=O)c2ccc3c4ccc5c6c(ccc(c7ccc(c2c37)C1=O)c64)C(=O)N(C(CCCC)CCCC)C5=O. The van der Waals surface area contributed by atoms with Gasteiger partial charge in [0, 0.05) is 51.2 Å². The molecule has 5 aromatic rings. The van der Waals surface area contributed by atoms with Crippen LogP contribution in [0.1, 0.15) is 126 Å². The van der Waals surface area contributed by atoms with Crippen molar-refractivity contribution in [3.63, 3.8) is 0 Å². The lowest BCUT2D eigenvalue weighted by atomic mass is 9.82. The summed E-state index contributed by atoms with van der Waals surface area (Å²) in [7, 11) is 0. The molecule has 0 spiro atoms. The number of ether oxygens (including phenoxy) is 1. The van der Waals surface area contributed by atoms with Crippen molar-refractivity contribution in [2.75, 3.05) is 13.2 Å². The highest BCUT2D eigenvalue weighted by molar-refractivity contribution is 6.41. The molecule has 51 heavy (non-hydrogen) atoms. The van der Waals surface area contributed by atoms with Crippen LogP contribution in [0.4, 0.5) is 0 Å². The Bertz CT molecular complexity index is 2140. The first-order valence-corrected chi connectivity index (χ1v) is 18.5. The second kappa shape index (κ2) is 13.9. The number of nitrogens with zero attached hydrogens (tertiary/aromatic N) is 2. The summed E-state index contributed by atoms with van der Waals surface area (Å²) in [6, 6.07) is 15.0. The normalized spacial score (nSPS) is 14.4. The minimum Gasteiger partial charge on any atom is -0.462 e. The molecule has 262 valence electrons. The lowest BCUT2D eigenvalue weighted by Crippen LogP contribution is -2.47. The van der Waals surface area contributed by atoms with Gasteiger partial charge in [-0.25, -0.2) is 4.79 Å². The van der Waals surface area contributed by atoms with E-state index in [4.69, 9.17) is 4.74 Å². The van der Waals surface area contributed by atoms with E-state index in [1.54, 1.807) is 6.92 Å². The van der Waals surface area contributed by atoms with Crippen molar-refractivity contribution in [2.45, 2.75) is 91.0 Å². The Morgan fingerprint density at radius 3 is 1.47 bits per heavy atom. The predicted molar refractivity (Wildman–Crippen MR) is 201 cm³/mol. The molecule has 8 nitrogen and oxygen atoms in total. The molecule has 2 heterocycles. The third kappa shape index (κ3) is 5.65. The number of imide groups is 2. The van der Waals surface area contributed by atoms with Gasteiger partial charge >= 0.3 is 5.97 Å². The van der Waals surface area contributed by atoms with Crippen LogP contribution in [0.2, 0.25) is 0 Å². The molecule has 8 heteroatoms. The highest BCUT2D eigenvalue weighted by Gasteiger charge is 2.39. The summed E-state index contributed by atoms with van der Waals surface area (Å²) in [5.41, 5.74) is 2.46. The molecule has 0 saturated carbocycles. The second-order valence-corrected chi connectivity index (χ2v) is 14.2. The van der Waals surface area contributed by atoms with E-state index in [9.17, 15) is 24.0 Å². The summed E-state index contributed by atoms with van der Waals surface area (Å²) in [5.74, 6) is -1.47. The van der Waals surface area contributed by atoms with Crippen LogP contribution in [0.25, 0.3) is 43.1 Å². The van der Waals surface area contributed by atoms with Crippen molar-refractivity contribution in [1.82, 2.24) is 9.80 Å². The molecule has 0 fully saturated rings. The second-order valence-electron chi connectivity index (χ2n) is 14.2. The summed E-state index contributed by atoms with van der Waals surface area (Å²) in [6.45, 7) is 10.1. The lowest BCUT2D eigenvalue weighted by molar-refractivity contribution is -0.139. The molecule has 0 saturated heterocycles. The fraction of sp³-hybridized carbons (Fsp3) is 0.372. The van der Waals surface area contributed by atoms with Gasteiger partial charge in [-0.1, -0.05) is 76.8 Å². The monoisotopic (exact) mass is 684 g/mol. The van der Waals surface area contributed by atoms with Gasteiger partial charge in [-0.2, -0.15) is 0 Å². The average molecular weight is 685 g/mol.